The average molecular weight is 275 g/mol. The summed E-state index contributed by atoms with van der Waals surface area (Å²) in [5, 5.41) is 5.60. The van der Waals surface area contributed by atoms with Crippen molar-refractivity contribution in [1.29, 1.82) is 0 Å². The molecule has 1 aliphatic heterocycles. The second-order valence-electron chi connectivity index (χ2n) is 5.40. The topological polar surface area (TPSA) is 93.4 Å². The largest absolute Gasteiger partial charge is 0.479 e. The van der Waals surface area contributed by atoms with E-state index in [-0.39, 0.29) is 11.8 Å². The lowest BCUT2D eigenvalue weighted by molar-refractivity contribution is -0.122. The van der Waals surface area contributed by atoms with Gasteiger partial charge in [0, 0.05) is 12.2 Å². The third kappa shape index (κ3) is 2.12. The number of anilines is 2. The quantitative estimate of drug-likeness (QED) is 0.769. The van der Waals surface area contributed by atoms with E-state index < -0.39 is 11.5 Å². The number of carbonyl (C=O) groups excluding carboxylic acids is 2. The molecule has 0 spiro atoms. The Morgan fingerprint density at radius 2 is 2.30 bits per heavy atom. The smallest absolute Gasteiger partial charge is 0.265 e. The highest BCUT2D eigenvalue weighted by Crippen LogP contribution is 2.45. The van der Waals surface area contributed by atoms with Crippen LogP contribution in [0.1, 0.15) is 19.8 Å². The Morgan fingerprint density at radius 1 is 1.55 bits per heavy atom. The fraction of sp³-hybridized carbons (Fsp3) is 0.429. The molecule has 1 unspecified atom stereocenters. The fourth-order valence-corrected chi connectivity index (χ4v) is 2.22. The van der Waals surface area contributed by atoms with E-state index in [1.807, 2.05) is 0 Å². The number of nitrogens with two attached hydrogens (primary N) is 1. The Kier molecular flexibility index (Phi) is 2.90. The zero-order chi connectivity index (χ0) is 14.3. The number of fused-ring (bicyclic) bond motifs is 1. The molecule has 2 aliphatic rings. The van der Waals surface area contributed by atoms with Crippen molar-refractivity contribution in [3.05, 3.63) is 18.2 Å². The molecule has 0 aromatic heterocycles. The predicted molar refractivity (Wildman–Crippen MR) is 74.5 cm³/mol. The highest BCUT2D eigenvalue weighted by molar-refractivity contribution is 6.00. The van der Waals surface area contributed by atoms with E-state index in [9.17, 15) is 9.59 Å². The molecule has 0 radical (unpaired) electrons. The van der Waals surface area contributed by atoms with E-state index in [4.69, 9.17) is 10.5 Å². The molecule has 3 rings (SSSR count). The SMILES string of the molecule is CC1Oc2ccc(NC(=O)C3(CN)CC3)cc2NC1=O. The second-order valence-corrected chi connectivity index (χ2v) is 5.40. The summed E-state index contributed by atoms with van der Waals surface area (Å²) < 4.78 is 5.46. The molecule has 1 saturated carbocycles. The number of nitrogens with one attached hydrogen (secondary N) is 2. The molecule has 2 amide bonds. The molecule has 1 fully saturated rings. The Balaban J connectivity index is 1.78. The molecule has 6 heteroatoms. The van der Waals surface area contributed by atoms with Gasteiger partial charge >= 0.3 is 0 Å². The van der Waals surface area contributed by atoms with Gasteiger partial charge in [-0.3, -0.25) is 9.59 Å². The maximum atomic E-state index is 12.1. The molecule has 1 aliphatic carbocycles. The van der Waals surface area contributed by atoms with E-state index in [2.05, 4.69) is 10.6 Å². The third-order valence-electron chi connectivity index (χ3n) is 3.89. The number of hydrogen-bond donors (Lipinski definition) is 3. The fourth-order valence-electron chi connectivity index (χ4n) is 2.22. The number of amides is 2. The molecular formula is C14H17N3O3. The summed E-state index contributed by atoms with van der Waals surface area (Å²) >= 11 is 0. The minimum Gasteiger partial charge on any atom is -0.479 e. The molecule has 1 atom stereocenters. The van der Waals surface area contributed by atoms with E-state index in [0.29, 0.717) is 23.7 Å². The molecule has 1 heterocycles. The van der Waals surface area contributed by atoms with Gasteiger partial charge in [0.25, 0.3) is 5.91 Å². The van der Waals surface area contributed by atoms with Gasteiger partial charge in [-0.2, -0.15) is 0 Å². The molecule has 4 N–H and O–H groups in total. The number of benzene rings is 1. The standard InChI is InChI=1S/C14H17N3O3/c1-8-12(18)17-10-6-9(2-3-11(10)20-8)16-13(19)14(7-15)4-5-14/h2-3,6,8H,4-5,7,15H2,1H3,(H,16,19)(H,17,18). The second kappa shape index (κ2) is 4.49. The van der Waals surface area contributed by atoms with Crippen LogP contribution in [0.5, 0.6) is 5.75 Å². The van der Waals surface area contributed by atoms with Gasteiger partial charge in [0.15, 0.2) is 6.10 Å². The van der Waals surface area contributed by atoms with Gasteiger partial charge in [0.05, 0.1) is 11.1 Å². The van der Waals surface area contributed by atoms with Crippen molar-refractivity contribution in [1.82, 2.24) is 0 Å². The molecule has 1 aromatic carbocycles. The Labute approximate surface area is 116 Å². The van der Waals surface area contributed by atoms with Crippen molar-refractivity contribution in [3.8, 4) is 5.75 Å². The first-order chi connectivity index (χ1) is 9.54. The van der Waals surface area contributed by atoms with Gasteiger partial charge in [-0.1, -0.05) is 0 Å². The van der Waals surface area contributed by atoms with Crippen LogP contribution >= 0.6 is 0 Å². The van der Waals surface area contributed by atoms with Crippen LogP contribution in [0.3, 0.4) is 0 Å². The van der Waals surface area contributed by atoms with E-state index >= 15 is 0 Å². The van der Waals surface area contributed by atoms with Crippen LogP contribution in [0.2, 0.25) is 0 Å². The average Bonchev–Trinajstić information content (AvgIpc) is 3.21. The van der Waals surface area contributed by atoms with Crippen LogP contribution in [0.15, 0.2) is 18.2 Å². The molecule has 1 aromatic rings. The van der Waals surface area contributed by atoms with Crippen LogP contribution in [0.25, 0.3) is 0 Å². The highest BCUT2D eigenvalue weighted by Gasteiger charge is 2.48. The number of rotatable bonds is 3. The third-order valence-corrected chi connectivity index (χ3v) is 3.89. The lowest BCUT2D eigenvalue weighted by Gasteiger charge is -2.24. The molecule has 20 heavy (non-hydrogen) atoms. The van der Waals surface area contributed by atoms with Crippen molar-refractivity contribution < 1.29 is 14.3 Å². The van der Waals surface area contributed by atoms with Crippen molar-refractivity contribution in [2.75, 3.05) is 17.2 Å². The molecule has 106 valence electrons. The van der Waals surface area contributed by atoms with Crippen LogP contribution < -0.4 is 21.1 Å². The number of hydrogen-bond acceptors (Lipinski definition) is 4. The van der Waals surface area contributed by atoms with Crippen molar-refractivity contribution in [2.45, 2.75) is 25.9 Å². The Bertz CT molecular complexity index is 581. The van der Waals surface area contributed by atoms with E-state index in [1.54, 1.807) is 25.1 Å². The monoisotopic (exact) mass is 275 g/mol. The lowest BCUT2D eigenvalue weighted by atomic mass is 10.1. The van der Waals surface area contributed by atoms with E-state index in [1.165, 1.54) is 0 Å². The summed E-state index contributed by atoms with van der Waals surface area (Å²) in [6.07, 6.45) is 1.16. The Morgan fingerprint density at radius 3 is 2.95 bits per heavy atom. The minimum atomic E-state index is -0.505. The first-order valence-electron chi connectivity index (χ1n) is 6.67. The minimum absolute atomic E-state index is 0.0589. The van der Waals surface area contributed by atoms with Gasteiger partial charge in [0.1, 0.15) is 5.75 Å². The summed E-state index contributed by atoms with van der Waals surface area (Å²) in [7, 11) is 0. The summed E-state index contributed by atoms with van der Waals surface area (Å²) in [6, 6.07) is 5.19. The van der Waals surface area contributed by atoms with Crippen LogP contribution in [0, 0.1) is 5.41 Å². The highest BCUT2D eigenvalue weighted by atomic mass is 16.5. The maximum Gasteiger partial charge on any atom is 0.265 e. The van der Waals surface area contributed by atoms with Crippen LogP contribution in [0.4, 0.5) is 11.4 Å². The zero-order valence-corrected chi connectivity index (χ0v) is 11.2. The zero-order valence-electron chi connectivity index (χ0n) is 11.2. The molecule has 0 bridgehead atoms. The maximum absolute atomic E-state index is 12.1. The summed E-state index contributed by atoms with van der Waals surface area (Å²) in [4.78, 5) is 23.7. The normalized spacial score (nSPS) is 22.3. The van der Waals surface area contributed by atoms with Gasteiger partial charge in [0.2, 0.25) is 5.91 Å². The van der Waals surface area contributed by atoms with Gasteiger partial charge in [-0.05, 0) is 38.0 Å². The molecule has 0 saturated heterocycles. The molecule has 6 nitrogen and oxygen atoms in total. The van der Waals surface area contributed by atoms with Crippen LogP contribution in [-0.2, 0) is 9.59 Å². The first-order valence-corrected chi connectivity index (χ1v) is 6.67. The summed E-state index contributed by atoms with van der Waals surface area (Å²) in [5.74, 6) is 0.355. The molecular weight excluding hydrogens is 258 g/mol. The number of ether oxygens (including phenoxy) is 1. The van der Waals surface area contributed by atoms with Gasteiger partial charge < -0.3 is 21.1 Å². The summed E-state index contributed by atoms with van der Waals surface area (Å²) in [5.41, 5.74) is 6.44. The first kappa shape index (κ1) is 12.9. The summed E-state index contributed by atoms with van der Waals surface area (Å²) in [6.45, 7) is 2.05. The lowest BCUT2D eigenvalue weighted by Crippen LogP contribution is -2.34. The van der Waals surface area contributed by atoms with Crippen molar-refractivity contribution in [2.24, 2.45) is 11.1 Å². The van der Waals surface area contributed by atoms with E-state index in [0.717, 1.165) is 12.8 Å². The van der Waals surface area contributed by atoms with Gasteiger partial charge in [-0.25, -0.2) is 0 Å². The van der Waals surface area contributed by atoms with Gasteiger partial charge in [-0.15, -0.1) is 0 Å². The van der Waals surface area contributed by atoms with Crippen molar-refractivity contribution >= 4 is 23.2 Å². The van der Waals surface area contributed by atoms with Crippen molar-refractivity contribution in [3.63, 3.8) is 0 Å². The predicted octanol–water partition coefficient (Wildman–Crippen LogP) is 1.08. The van der Waals surface area contributed by atoms with Crippen LogP contribution in [-0.4, -0.2) is 24.5 Å². The Hall–Kier alpha value is -2.08. The number of carbonyl (C=O) groups is 2.